The molecule has 0 bridgehead atoms. The zero-order valence-electron chi connectivity index (χ0n) is 19.2. The Morgan fingerprint density at radius 1 is 1.32 bits per heavy atom. The number of oxazole rings is 1. The number of pyridine rings is 1. The molecule has 0 unspecified atom stereocenters. The maximum absolute atomic E-state index is 15.4. The van der Waals surface area contributed by atoms with E-state index in [2.05, 4.69) is 14.9 Å². The minimum Gasteiger partial charge on any atom is -0.497 e. The Bertz CT molecular complexity index is 1080. The fraction of sp³-hybridized carbons (Fsp3) is 0.480. The van der Waals surface area contributed by atoms with Crippen LogP contribution in [0.25, 0.3) is 10.9 Å². The molecule has 7 nitrogen and oxygen atoms in total. The van der Waals surface area contributed by atoms with Crippen molar-refractivity contribution in [3.63, 3.8) is 0 Å². The highest BCUT2D eigenvalue weighted by Gasteiger charge is 2.31. The molecule has 0 saturated carbocycles. The number of halogens is 1. The number of thioether (sulfide) groups is 1. The molecule has 4 rings (SSSR count). The Kier molecular flexibility index (Phi) is 8.39. The minimum atomic E-state index is -1.14. The lowest BCUT2D eigenvalue weighted by Gasteiger charge is -2.38. The first-order valence-electron chi connectivity index (χ1n) is 11.6. The van der Waals surface area contributed by atoms with Gasteiger partial charge >= 0.3 is 5.97 Å². The largest absolute Gasteiger partial charge is 0.497 e. The normalized spacial score (nSPS) is 19.8. The predicted octanol–water partition coefficient (Wildman–Crippen LogP) is 5.23. The number of rotatable bonds is 11. The van der Waals surface area contributed by atoms with E-state index in [1.54, 1.807) is 43.6 Å². The molecule has 1 aliphatic heterocycles. The van der Waals surface area contributed by atoms with E-state index in [9.17, 15) is 9.90 Å². The van der Waals surface area contributed by atoms with E-state index in [4.69, 9.17) is 9.15 Å². The quantitative estimate of drug-likeness (QED) is 0.368. The summed E-state index contributed by atoms with van der Waals surface area (Å²) in [5.74, 6) is 0.904. The van der Waals surface area contributed by atoms with E-state index in [0.29, 0.717) is 29.4 Å². The molecule has 0 spiro atoms. The number of carbonyl (C=O) groups is 1. The second-order valence-corrected chi connectivity index (χ2v) is 9.73. The summed E-state index contributed by atoms with van der Waals surface area (Å²) < 4.78 is 26.0. The smallest absolute Gasteiger partial charge is 0.303 e. The maximum atomic E-state index is 15.4. The molecule has 3 atom stereocenters. The fourth-order valence-electron chi connectivity index (χ4n) is 4.80. The van der Waals surface area contributed by atoms with Crippen molar-refractivity contribution in [2.24, 2.45) is 11.8 Å². The highest BCUT2D eigenvalue weighted by Crippen LogP contribution is 2.36. The third kappa shape index (κ3) is 6.27. The minimum absolute atomic E-state index is 0.0134. The molecular weight excluding hydrogens is 457 g/mol. The van der Waals surface area contributed by atoms with Gasteiger partial charge in [0, 0.05) is 36.8 Å². The van der Waals surface area contributed by atoms with Crippen LogP contribution in [0.3, 0.4) is 0 Å². The molecule has 0 aliphatic carbocycles. The molecule has 1 N–H and O–H groups in total. The number of carboxylic acid groups (broad SMARTS) is 1. The van der Waals surface area contributed by atoms with Gasteiger partial charge in [-0.1, -0.05) is 11.8 Å². The maximum Gasteiger partial charge on any atom is 0.303 e. The topological polar surface area (TPSA) is 88.7 Å². The van der Waals surface area contributed by atoms with Crippen molar-refractivity contribution in [3.8, 4) is 5.75 Å². The number of carboxylic acids is 1. The third-order valence-electron chi connectivity index (χ3n) is 6.57. The summed E-state index contributed by atoms with van der Waals surface area (Å²) in [5.41, 5.74) is 1.35. The van der Waals surface area contributed by atoms with E-state index in [-0.39, 0.29) is 18.3 Å². The second-order valence-electron chi connectivity index (χ2n) is 8.68. The molecule has 0 radical (unpaired) electrons. The summed E-state index contributed by atoms with van der Waals surface area (Å²) in [6, 6.07) is 7.21. The summed E-state index contributed by atoms with van der Waals surface area (Å²) in [4.78, 5) is 22.3. The molecule has 1 saturated heterocycles. The molecular formula is C25H30FN3O4S. The van der Waals surface area contributed by atoms with Crippen molar-refractivity contribution in [1.82, 2.24) is 14.9 Å². The molecule has 2 aromatic heterocycles. The van der Waals surface area contributed by atoms with Crippen LogP contribution in [0.4, 0.5) is 4.39 Å². The summed E-state index contributed by atoms with van der Waals surface area (Å²) in [5, 5.41) is 10.9. The fourth-order valence-corrected chi connectivity index (χ4v) is 5.58. The Hall–Kier alpha value is -2.65. The summed E-state index contributed by atoms with van der Waals surface area (Å²) in [6.45, 7) is 2.45. The third-order valence-corrected chi connectivity index (χ3v) is 7.40. The molecule has 0 amide bonds. The van der Waals surface area contributed by atoms with Crippen molar-refractivity contribution in [2.45, 2.75) is 37.1 Å². The zero-order valence-corrected chi connectivity index (χ0v) is 20.0. The highest BCUT2D eigenvalue weighted by molar-refractivity contribution is 7.99. The SMILES string of the molecule is COc1ccc2nccc([C@H](F)CC[C@@H]3CCN(CCSc4ncco4)C[C@@H]3CC(=O)O)c2c1. The Labute approximate surface area is 202 Å². The van der Waals surface area contributed by atoms with Gasteiger partial charge in [-0.3, -0.25) is 9.78 Å². The molecule has 3 aromatic rings. The van der Waals surface area contributed by atoms with Crippen molar-refractivity contribution in [2.75, 3.05) is 32.5 Å². The van der Waals surface area contributed by atoms with Crippen LogP contribution in [0.5, 0.6) is 5.75 Å². The van der Waals surface area contributed by atoms with Crippen LogP contribution >= 0.6 is 11.8 Å². The number of piperidine rings is 1. The van der Waals surface area contributed by atoms with Crippen molar-refractivity contribution < 1.29 is 23.4 Å². The lowest BCUT2D eigenvalue weighted by molar-refractivity contribution is -0.139. The first kappa shape index (κ1) is 24.5. The lowest BCUT2D eigenvalue weighted by Crippen LogP contribution is -2.42. The summed E-state index contributed by atoms with van der Waals surface area (Å²) in [7, 11) is 1.59. The van der Waals surface area contributed by atoms with Gasteiger partial charge in [0.1, 0.15) is 18.2 Å². The Morgan fingerprint density at radius 3 is 2.97 bits per heavy atom. The van der Waals surface area contributed by atoms with Crippen molar-refractivity contribution in [1.29, 1.82) is 0 Å². The first-order chi connectivity index (χ1) is 16.5. The van der Waals surface area contributed by atoms with Crippen LogP contribution in [-0.2, 0) is 4.79 Å². The van der Waals surface area contributed by atoms with E-state index in [1.165, 1.54) is 0 Å². The standard InChI is InChI=1S/C25H30FN3O4S/c1-32-19-3-5-23-21(15-19)20(6-8-27-23)22(26)4-2-17-7-10-29(16-18(17)14-24(30)31)11-13-34-25-28-9-12-33-25/h3,5-6,8-9,12,15,17-18,22H,2,4,7,10-11,13-14,16H2,1H3,(H,30,31)/t17-,18+,22-/m1/s1. The van der Waals surface area contributed by atoms with E-state index >= 15 is 4.39 Å². The van der Waals surface area contributed by atoms with E-state index < -0.39 is 12.1 Å². The van der Waals surface area contributed by atoms with Gasteiger partial charge in [-0.05, 0) is 67.5 Å². The average molecular weight is 488 g/mol. The van der Waals surface area contributed by atoms with Gasteiger partial charge in [-0.25, -0.2) is 9.37 Å². The molecule has 9 heteroatoms. The number of fused-ring (bicyclic) bond motifs is 1. The highest BCUT2D eigenvalue weighted by atomic mass is 32.2. The molecule has 1 fully saturated rings. The van der Waals surface area contributed by atoms with Crippen LogP contribution in [-0.4, -0.2) is 58.4 Å². The predicted molar refractivity (Wildman–Crippen MR) is 129 cm³/mol. The average Bonchev–Trinajstić information content (AvgIpc) is 3.36. The Morgan fingerprint density at radius 2 is 2.21 bits per heavy atom. The van der Waals surface area contributed by atoms with E-state index in [0.717, 1.165) is 42.7 Å². The number of likely N-dealkylation sites (tertiary alicyclic amines) is 1. The number of benzene rings is 1. The van der Waals surface area contributed by atoms with Crippen LogP contribution in [0.15, 0.2) is 52.6 Å². The number of hydrogen-bond acceptors (Lipinski definition) is 7. The molecule has 1 aliphatic rings. The molecule has 34 heavy (non-hydrogen) atoms. The second kappa shape index (κ2) is 11.7. The van der Waals surface area contributed by atoms with Gasteiger partial charge in [0.2, 0.25) is 0 Å². The van der Waals surface area contributed by atoms with Crippen molar-refractivity contribution in [3.05, 3.63) is 48.5 Å². The van der Waals surface area contributed by atoms with E-state index in [1.807, 2.05) is 18.2 Å². The van der Waals surface area contributed by atoms with Gasteiger partial charge in [0.25, 0.3) is 5.22 Å². The number of aliphatic carboxylic acids is 1. The number of alkyl halides is 1. The van der Waals surface area contributed by atoms with Crippen molar-refractivity contribution >= 4 is 28.6 Å². The van der Waals surface area contributed by atoms with Gasteiger partial charge in [-0.15, -0.1) is 0 Å². The lowest BCUT2D eigenvalue weighted by atomic mass is 9.79. The van der Waals surface area contributed by atoms with Gasteiger partial charge < -0.3 is 19.2 Å². The van der Waals surface area contributed by atoms with Crippen LogP contribution in [0.1, 0.15) is 37.4 Å². The monoisotopic (exact) mass is 487 g/mol. The van der Waals surface area contributed by atoms with Gasteiger partial charge in [0.05, 0.1) is 18.8 Å². The summed E-state index contributed by atoms with van der Waals surface area (Å²) in [6.07, 6.45) is 5.68. The number of methoxy groups -OCH3 is 1. The number of nitrogens with zero attached hydrogens (tertiary/aromatic N) is 3. The van der Waals surface area contributed by atoms with Crippen LogP contribution < -0.4 is 4.74 Å². The number of hydrogen-bond donors (Lipinski definition) is 1. The van der Waals surface area contributed by atoms with Crippen LogP contribution in [0, 0.1) is 11.8 Å². The zero-order chi connectivity index (χ0) is 23.9. The molecule has 182 valence electrons. The van der Waals surface area contributed by atoms with Gasteiger partial charge in [-0.2, -0.15) is 0 Å². The summed E-state index contributed by atoms with van der Waals surface area (Å²) >= 11 is 1.55. The Balaban J connectivity index is 1.35. The first-order valence-corrected chi connectivity index (χ1v) is 12.5. The number of ether oxygens (including phenoxy) is 1. The van der Waals surface area contributed by atoms with Gasteiger partial charge in [0.15, 0.2) is 0 Å². The van der Waals surface area contributed by atoms with Crippen LogP contribution in [0.2, 0.25) is 0 Å². The number of aromatic nitrogens is 2. The molecule has 3 heterocycles. The molecule has 1 aromatic carbocycles.